The molecule has 48 valence electrons. The molecule has 0 radical (unpaired) electrons. The summed E-state index contributed by atoms with van der Waals surface area (Å²) in [6.45, 7) is 0.277. The third kappa shape index (κ3) is 3.58. The summed E-state index contributed by atoms with van der Waals surface area (Å²) in [6.07, 6.45) is 0.0903. The Morgan fingerprint density at radius 3 is 2.75 bits per heavy atom. The Labute approximate surface area is 46.9 Å². The van der Waals surface area contributed by atoms with Gasteiger partial charge in [-0.1, -0.05) is 0 Å². The second-order valence-electron chi connectivity index (χ2n) is 1.21. The van der Waals surface area contributed by atoms with Crippen molar-refractivity contribution in [1.29, 1.82) is 0 Å². The predicted molar refractivity (Wildman–Crippen MR) is 25.2 cm³/mol. The lowest BCUT2D eigenvalue weighted by molar-refractivity contribution is -0.235. The molecule has 0 aromatic rings. The molecule has 0 bridgehead atoms. The molecule has 0 amide bonds. The highest BCUT2D eigenvalue weighted by molar-refractivity contribution is 5.68. The van der Waals surface area contributed by atoms with Crippen LogP contribution in [0, 0.1) is 0 Å². The van der Waals surface area contributed by atoms with E-state index in [1.165, 1.54) is 7.11 Å². The maximum atomic E-state index is 10.0. The summed E-state index contributed by atoms with van der Waals surface area (Å²) in [4.78, 5) is 13.4. The molecule has 0 spiro atoms. The van der Waals surface area contributed by atoms with E-state index < -0.39 is 5.97 Å². The molecule has 0 aromatic heterocycles. The average Bonchev–Trinajstić information content (AvgIpc) is 1.83. The highest BCUT2D eigenvalue weighted by Crippen LogP contribution is 1.81. The number of hydrogen-bond donors (Lipinski definition) is 1. The van der Waals surface area contributed by atoms with Crippen molar-refractivity contribution >= 4 is 5.97 Å². The van der Waals surface area contributed by atoms with Gasteiger partial charge in [-0.2, -0.15) is 5.26 Å². The Kier molecular flexibility index (Phi) is 4.20. The first kappa shape index (κ1) is 7.39. The SMILES string of the molecule is COCCC(=O)OO. The third-order valence-corrected chi connectivity index (χ3v) is 0.612. The van der Waals surface area contributed by atoms with E-state index in [4.69, 9.17) is 5.26 Å². The van der Waals surface area contributed by atoms with Crippen LogP contribution in [0.5, 0.6) is 0 Å². The van der Waals surface area contributed by atoms with Gasteiger partial charge >= 0.3 is 5.97 Å². The average molecular weight is 120 g/mol. The van der Waals surface area contributed by atoms with Crippen LogP contribution in [-0.4, -0.2) is 24.9 Å². The van der Waals surface area contributed by atoms with E-state index >= 15 is 0 Å². The fraction of sp³-hybridized carbons (Fsp3) is 0.750. The molecule has 4 nitrogen and oxygen atoms in total. The topological polar surface area (TPSA) is 55.8 Å². The Hall–Kier alpha value is -0.610. The van der Waals surface area contributed by atoms with Gasteiger partial charge < -0.3 is 9.62 Å². The van der Waals surface area contributed by atoms with Gasteiger partial charge in [-0.25, -0.2) is 4.79 Å². The number of carbonyl (C=O) groups excluding carboxylic acids is 1. The molecule has 0 saturated heterocycles. The number of carbonyl (C=O) groups is 1. The van der Waals surface area contributed by atoms with Crippen molar-refractivity contribution in [3.63, 3.8) is 0 Å². The molecule has 0 unspecified atom stereocenters. The number of methoxy groups -OCH3 is 1. The Morgan fingerprint density at radius 1 is 1.75 bits per heavy atom. The molecule has 0 atom stereocenters. The molecule has 8 heavy (non-hydrogen) atoms. The molecular weight excluding hydrogens is 112 g/mol. The van der Waals surface area contributed by atoms with Crippen LogP contribution in [0.4, 0.5) is 0 Å². The zero-order chi connectivity index (χ0) is 6.41. The lowest BCUT2D eigenvalue weighted by atomic mass is 10.5. The van der Waals surface area contributed by atoms with E-state index in [9.17, 15) is 4.79 Å². The molecule has 0 fully saturated rings. The Bertz CT molecular complexity index is 70.4. The number of ether oxygens (including phenoxy) is 1. The highest BCUT2D eigenvalue weighted by atomic mass is 17.1. The monoisotopic (exact) mass is 120 g/mol. The molecule has 0 aliphatic heterocycles. The first-order valence-corrected chi connectivity index (χ1v) is 2.14. The minimum atomic E-state index is -0.674. The summed E-state index contributed by atoms with van der Waals surface area (Å²) < 4.78 is 4.50. The number of hydrogen-bond acceptors (Lipinski definition) is 4. The summed E-state index contributed by atoms with van der Waals surface area (Å²) in [7, 11) is 1.46. The van der Waals surface area contributed by atoms with Crippen LogP contribution in [0.2, 0.25) is 0 Å². The van der Waals surface area contributed by atoms with Gasteiger partial charge in [0.2, 0.25) is 0 Å². The molecule has 0 aliphatic carbocycles. The maximum Gasteiger partial charge on any atom is 0.344 e. The molecular formula is C4H8O4. The van der Waals surface area contributed by atoms with Crippen LogP contribution in [-0.2, 0) is 14.4 Å². The summed E-state index contributed by atoms with van der Waals surface area (Å²) in [5, 5.41) is 7.66. The van der Waals surface area contributed by atoms with Crippen molar-refractivity contribution in [3.8, 4) is 0 Å². The van der Waals surface area contributed by atoms with Gasteiger partial charge in [0, 0.05) is 7.11 Å². The van der Waals surface area contributed by atoms with Gasteiger partial charge in [0.25, 0.3) is 0 Å². The third-order valence-electron chi connectivity index (χ3n) is 0.612. The van der Waals surface area contributed by atoms with E-state index in [-0.39, 0.29) is 13.0 Å². The molecule has 0 aromatic carbocycles. The van der Waals surface area contributed by atoms with Gasteiger partial charge in [-0.05, 0) is 0 Å². The summed E-state index contributed by atoms with van der Waals surface area (Å²) in [5.74, 6) is -0.674. The fourth-order valence-electron chi connectivity index (χ4n) is 0.231. The lowest BCUT2D eigenvalue weighted by Gasteiger charge is -1.92. The largest absolute Gasteiger partial charge is 0.384 e. The highest BCUT2D eigenvalue weighted by Gasteiger charge is 1.98. The smallest absolute Gasteiger partial charge is 0.344 e. The molecule has 0 heterocycles. The first-order valence-electron chi connectivity index (χ1n) is 2.14. The number of rotatable bonds is 3. The van der Waals surface area contributed by atoms with Crippen molar-refractivity contribution in [2.24, 2.45) is 0 Å². The standard InChI is InChI=1S/C4H8O4/c1-7-3-2-4(5)8-6/h6H,2-3H2,1H3. The second kappa shape index (κ2) is 4.55. The summed E-state index contributed by atoms with van der Waals surface area (Å²) in [5.41, 5.74) is 0. The summed E-state index contributed by atoms with van der Waals surface area (Å²) in [6, 6.07) is 0. The van der Waals surface area contributed by atoms with Crippen LogP contribution in [0.1, 0.15) is 6.42 Å². The molecule has 0 rings (SSSR count). The van der Waals surface area contributed by atoms with Crippen LogP contribution < -0.4 is 0 Å². The lowest BCUT2D eigenvalue weighted by Crippen LogP contribution is -2.03. The van der Waals surface area contributed by atoms with Gasteiger partial charge in [0.1, 0.15) is 0 Å². The Balaban J connectivity index is 2.99. The normalized spacial score (nSPS) is 8.75. The van der Waals surface area contributed by atoms with Gasteiger partial charge in [-0.15, -0.1) is 0 Å². The molecule has 1 N–H and O–H groups in total. The van der Waals surface area contributed by atoms with Gasteiger partial charge in [0.05, 0.1) is 13.0 Å². The van der Waals surface area contributed by atoms with E-state index in [0.29, 0.717) is 0 Å². The molecule has 4 heteroatoms. The summed E-state index contributed by atoms with van der Waals surface area (Å²) >= 11 is 0. The second-order valence-corrected chi connectivity index (χ2v) is 1.21. The van der Waals surface area contributed by atoms with Crippen LogP contribution in [0.15, 0.2) is 0 Å². The van der Waals surface area contributed by atoms with E-state index in [0.717, 1.165) is 0 Å². The van der Waals surface area contributed by atoms with Gasteiger partial charge in [0.15, 0.2) is 0 Å². The van der Waals surface area contributed by atoms with Crippen molar-refractivity contribution in [2.45, 2.75) is 6.42 Å². The Morgan fingerprint density at radius 2 is 2.38 bits per heavy atom. The minimum absolute atomic E-state index is 0.0903. The minimum Gasteiger partial charge on any atom is -0.384 e. The molecule has 0 saturated carbocycles. The zero-order valence-corrected chi connectivity index (χ0v) is 4.59. The quantitative estimate of drug-likeness (QED) is 0.422. The van der Waals surface area contributed by atoms with Crippen molar-refractivity contribution in [2.75, 3.05) is 13.7 Å². The van der Waals surface area contributed by atoms with E-state index in [1.54, 1.807) is 0 Å². The van der Waals surface area contributed by atoms with Crippen LogP contribution in [0.3, 0.4) is 0 Å². The van der Waals surface area contributed by atoms with Crippen LogP contribution in [0.25, 0.3) is 0 Å². The van der Waals surface area contributed by atoms with Crippen molar-refractivity contribution in [3.05, 3.63) is 0 Å². The van der Waals surface area contributed by atoms with E-state index in [2.05, 4.69) is 9.62 Å². The van der Waals surface area contributed by atoms with Crippen molar-refractivity contribution in [1.82, 2.24) is 0 Å². The van der Waals surface area contributed by atoms with Crippen molar-refractivity contribution < 1.29 is 19.7 Å². The van der Waals surface area contributed by atoms with E-state index in [1.807, 2.05) is 0 Å². The zero-order valence-electron chi connectivity index (χ0n) is 4.59. The predicted octanol–water partition coefficient (Wildman–Crippen LogP) is 0.0391. The first-order chi connectivity index (χ1) is 3.81. The molecule has 0 aliphatic rings. The van der Waals surface area contributed by atoms with Crippen LogP contribution >= 0.6 is 0 Å². The maximum absolute atomic E-state index is 10.0. The fourth-order valence-corrected chi connectivity index (χ4v) is 0.231. The van der Waals surface area contributed by atoms with Gasteiger partial charge in [-0.3, -0.25) is 0 Å².